The largest absolute Gasteiger partial charge is 0.500 e. The lowest BCUT2D eigenvalue weighted by Crippen LogP contribution is -2.54. The number of hydrogen-bond donors (Lipinski definition) is 3. The monoisotopic (exact) mass is 575 g/mol. The van der Waals surface area contributed by atoms with Gasteiger partial charge in [-0.25, -0.2) is 8.78 Å². The van der Waals surface area contributed by atoms with E-state index >= 15 is 4.39 Å². The van der Waals surface area contributed by atoms with Crippen molar-refractivity contribution < 1.29 is 36.7 Å². The van der Waals surface area contributed by atoms with Crippen molar-refractivity contribution in [2.45, 2.75) is 45.4 Å². The fraction of sp³-hybridized carbons (Fsp3) is 0.500. The summed E-state index contributed by atoms with van der Waals surface area (Å²) in [4.78, 5) is 39.1. The van der Waals surface area contributed by atoms with Gasteiger partial charge >= 0.3 is 0 Å². The smallest absolute Gasteiger partial charge is 0.269 e. The molecule has 5 rings (SSSR count). The second-order valence-electron chi connectivity index (χ2n) is 12.1. The van der Waals surface area contributed by atoms with Gasteiger partial charge in [-0.3, -0.25) is 14.4 Å². The van der Waals surface area contributed by atoms with Gasteiger partial charge in [0.1, 0.15) is 22.8 Å². The number of primary amides is 2. The van der Waals surface area contributed by atoms with Gasteiger partial charge in [-0.1, -0.05) is 19.4 Å². The molecular weight excluding hydrogens is 542 g/mol. The molecule has 5 N–H and O–H groups in total. The number of rotatable bonds is 8. The molecule has 4 aliphatic rings. The highest BCUT2D eigenvalue weighted by Crippen LogP contribution is 2.65. The third kappa shape index (κ3) is 4.63. The number of ether oxygens (including phenoxy) is 1. The summed E-state index contributed by atoms with van der Waals surface area (Å²) in [6.45, 7) is 2.41. The summed E-state index contributed by atoms with van der Waals surface area (Å²) in [5, 5.41) is 2.95. The number of amides is 3. The van der Waals surface area contributed by atoms with Gasteiger partial charge in [-0.2, -0.15) is 8.78 Å². The summed E-state index contributed by atoms with van der Waals surface area (Å²) < 4.78 is 63.3. The second kappa shape index (κ2) is 10.3. The molecule has 1 unspecified atom stereocenters. The van der Waals surface area contributed by atoms with Gasteiger partial charge in [0.15, 0.2) is 0 Å². The van der Waals surface area contributed by atoms with Crippen molar-refractivity contribution in [2.24, 2.45) is 46.0 Å². The number of nitrogens with two attached hydrogens (primary N) is 2. The standard InChI is InChI=1S/C30H33F4N3O4/c1-29(6-3-7-29)13-37-27(39)23-16-9-15(10-17(16)25(33)34)24(23)30(28(36)40)12-19(21(32)11-22(30)41-2)14-4-5-20(31)18(8-14)26(35)38/h4-5,8,11,15-16,23-24H,3,6-7,9-10,12-13H2,1-2H3,(H2,35,38)(H2,36,40)(H,37,39)/t15-,16+,23+,24-,30?/m1/s1. The topological polar surface area (TPSA) is 125 Å². The molecule has 1 aromatic carbocycles. The van der Waals surface area contributed by atoms with E-state index in [9.17, 15) is 27.6 Å². The van der Waals surface area contributed by atoms with Crippen molar-refractivity contribution >= 4 is 23.3 Å². The van der Waals surface area contributed by atoms with Gasteiger partial charge < -0.3 is 21.5 Å². The normalized spacial score (nSPS) is 30.0. The average Bonchev–Trinajstić information content (AvgIpc) is 3.50. The summed E-state index contributed by atoms with van der Waals surface area (Å²) in [6.07, 6.45) is 1.88. The van der Waals surface area contributed by atoms with Crippen LogP contribution >= 0.6 is 0 Å². The maximum Gasteiger partial charge on any atom is 0.269 e. The minimum absolute atomic E-state index is 0.0327. The molecule has 0 spiro atoms. The zero-order chi connectivity index (χ0) is 29.9. The molecule has 3 amide bonds. The van der Waals surface area contributed by atoms with E-state index in [0.717, 1.165) is 37.5 Å². The molecule has 2 bridgehead atoms. The molecular formula is C30H33F4N3O4. The van der Waals surface area contributed by atoms with Crippen molar-refractivity contribution in [3.05, 3.63) is 64.5 Å². The van der Waals surface area contributed by atoms with Gasteiger partial charge in [0, 0.05) is 18.5 Å². The highest BCUT2D eigenvalue weighted by atomic mass is 19.3. The Morgan fingerprint density at radius 3 is 2.41 bits per heavy atom. The predicted molar refractivity (Wildman–Crippen MR) is 142 cm³/mol. The van der Waals surface area contributed by atoms with Crippen LogP contribution in [0.15, 0.2) is 47.5 Å². The maximum atomic E-state index is 15.6. The number of carbonyl (C=O) groups is 3. The summed E-state index contributed by atoms with van der Waals surface area (Å²) in [7, 11) is 1.25. The quantitative estimate of drug-likeness (QED) is 0.388. The lowest BCUT2D eigenvalue weighted by atomic mass is 9.57. The Morgan fingerprint density at radius 2 is 1.85 bits per heavy atom. The van der Waals surface area contributed by atoms with E-state index in [1.54, 1.807) is 0 Å². The van der Waals surface area contributed by atoms with E-state index in [1.807, 2.05) is 6.92 Å². The van der Waals surface area contributed by atoms with Crippen LogP contribution < -0.4 is 16.8 Å². The first kappa shape index (κ1) is 28.9. The zero-order valence-electron chi connectivity index (χ0n) is 22.9. The average molecular weight is 576 g/mol. The van der Waals surface area contributed by atoms with Gasteiger partial charge in [0.2, 0.25) is 11.8 Å². The molecule has 41 heavy (non-hydrogen) atoms. The number of fused-ring (bicyclic) bond motifs is 2. The number of nitrogens with one attached hydrogen (secondary N) is 1. The molecule has 0 heterocycles. The highest BCUT2D eigenvalue weighted by molar-refractivity contribution is 5.95. The fourth-order valence-electron chi connectivity index (χ4n) is 7.63. The highest BCUT2D eigenvalue weighted by Gasteiger charge is 2.65. The summed E-state index contributed by atoms with van der Waals surface area (Å²) in [6, 6.07) is 3.30. The van der Waals surface area contributed by atoms with E-state index in [2.05, 4.69) is 5.32 Å². The van der Waals surface area contributed by atoms with E-state index in [4.69, 9.17) is 16.2 Å². The number of benzene rings is 1. The summed E-state index contributed by atoms with van der Waals surface area (Å²) in [5.74, 6) is -7.52. The first-order valence-corrected chi connectivity index (χ1v) is 13.7. The molecule has 4 aliphatic carbocycles. The molecule has 7 nitrogen and oxygen atoms in total. The minimum Gasteiger partial charge on any atom is -0.500 e. The molecule has 11 heteroatoms. The van der Waals surface area contributed by atoms with Crippen molar-refractivity contribution in [3.8, 4) is 0 Å². The SMILES string of the molecule is COC1=CC(F)=C(c2ccc(F)c(C(N)=O)c2)CC1(C(N)=O)[C@@H]1[C@H]2CC(=C(F)F)[C@H](C2)[C@@H]1C(=O)NCC1(C)CCC1. The first-order chi connectivity index (χ1) is 19.3. The number of hydrogen-bond acceptors (Lipinski definition) is 4. The third-order valence-electron chi connectivity index (χ3n) is 9.86. The third-order valence-corrected chi connectivity index (χ3v) is 9.86. The lowest BCUT2D eigenvalue weighted by molar-refractivity contribution is -0.138. The number of carbonyl (C=O) groups excluding carboxylic acids is 3. The van der Waals surface area contributed by atoms with Gasteiger partial charge in [-0.05, 0) is 84.1 Å². The molecule has 1 aromatic rings. The molecule has 3 saturated carbocycles. The predicted octanol–water partition coefficient (Wildman–Crippen LogP) is 4.74. The zero-order valence-corrected chi connectivity index (χ0v) is 22.9. The van der Waals surface area contributed by atoms with Gasteiger partial charge in [0.05, 0.1) is 12.7 Å². The molecule has 3 fully saturated rings. The molecule has 0 saturated heterocycles. The molecule has 0 radical (unpaired) electrons. The molecule has 0 aromatic heterocycles. The van der Waals surface area contributed by atoms with Crippen LogP contribution in [-0.4, -0.2) is 31.4 Å². The number of halogens is 4. The number of allylic oxidation sites excluding steroid dienone is 4. The second-order valence-corrected chi connectivity index (χ2v) is 12.1. The van der Waals surface area contributed by atoms with Crippen LogP contribution in [0.5, 0.6) is 0 Å². The lowest BCUT2D eigenvalue weighted by Gasteiger charge is -2.46. The van der Waals surface area contributed by atoms with E-state index < -0.39 is 70.1 Å². The van der Waals surface area contributed by atoms with Crippen LogP contribution in [0.1, 0.15) is 61.4 Å². The molecule has 5 atom stereocenters. The van der Waals surface area contributed by atoms with Crippen LogP contribution in [0.2, 0.25) is 0 Å². The van der Waals surface area contributed by atoms with Crippen LogP contribution in [0.4, 0.5) is 17.6 Å². The first-order valence-electron chi connectivity index (χ1n) is 13.7. The van der Waals surface area contributed by atoms with Crippen LogP contribution in [-0.2, 0) is 14.3 Å². The van der Waals surface area contributed by atoms with Gasteiger partial charge in [-0.15, -0.1) is 0 Å². The fourth-order valence-corrected chi connectivity index (χ4v) is 7.63. The van der Waals surface area contributed by atoms with Crippen LogP contribution in [0.25, 0.3) is 5.57 Å². The maximum absolute atomic E-state index is 15.6. The Kier molecular flexibility index (Phi) is 7.28. The Labute approximate surface area is 235 Å². The Balaban J connectivity index is 1.60. The van der Waals surface area contributed by atoms with Crippen molar-refractivity contribution in [3.63, 3.8) is 0 Å². The van der Waals surface area contributed by atoms with Crippen molar-refractivity contribution in [1.82, 2.24) is 5.32 Å². The summed E-state index contributed by atoms with van der Waals surface area (Å²) in [5.41, 5.74) is 8.94. The van der Waals surface area contributed by atoms with Crippen molar-refractivity contribution in [2.75, 3.05) is 13.7 Å². The van der Waals surface area contributed by atoms with Crippen LogP contribution in [0.3, 0.4) is 0 Å². The van der Waals surface area contributed by atoms with E-state index in [0.29, 0.717) is 6.54 Å². The van der Waals surface area contributed by atoms with Gasteiger partial charge in [0.25, 0.3) is 12.0 Å². The molecule has 0 aliphatic heterocycles. The summed E-state index contributed by atoms with van der Waals surface area (Å²) >= 11 is 0. The number of methoxy groups -OCH3 is 1. The van der Waals surface area contributed by atoms with E-state index in [1.165, 1.54) is 13.2 Å². The Hall–Kier alpha value is -3.63. The molecule has 220 valence electrons. The van der Waals surface area contributed by atoms with E-state index in [-0.39, 0.29) is 47.1 Å². The Morgan fingerprint density at radius 1 is 1.15 bits per heavy atom. The van der Waals surface area contributed by atoms with Crippen LogP contribution in [0, 0.1) is 40.3 Å². The minimum atomic E-state index is -1.84. The Bertz CT molecular complexity index is 1410. The van der Waals surface area contributed by atoms with Crippen molar-refractivity contribution in [1.29, 1.82) is 0 Å².